The number of aliphatic carboxylic acids is 1. The number of hydrogen-bond acceptors (Lipinski definition) is 3. The average Bonchev–Trinajstić information content (AvgIpc) is 2.45. The number of rotatable bonds is 4. The van der Waals surface area contributed by atoms with Crippen molar-refractivity contribution in [2.45, 2.75) is 13.0 Å². The molecule has 4 heteroatoms. The molecule has 0 aliphatic heterocycles. The van der Waals surface area contributed by atoms with Gasteiger partial charge in [0.2, 0.25) is 6.10 Å². The van der Waals surface area contributed by atoms with Gasteiger partial charge in [0.05, 0.1) is 0 Å². The van der Waals surface area contributed by atoms with Gasteiger partial charge < -0.3 is 9.84 Å². The average molecular weight is 270 g/mol. The van der Waals surface area contributed by atoms with Gasteiger partial charge in [-0.25, -0.2) is 4.79 Å². The number of carbonyl (C=O) groups excluding carboxylic acids is 1. The fourth-order valence-electron chi connectivity index (χ4n) is 1.91. The molecular formula is C16H14O4. The number of carbonyl (C=O) groups is 2. The highest BCUT2D eigenvalue weighted by atomic mass is 16.6. The quantitative estimate of drug-likeness (QED) is 0.867. The van der Waals surface area contributed by atoms with Crippen molar-refractivity contribution in [3.8, 4) is 11.1 Å². The molecule has 0 amide bonds. The van der Waals surface area contributed by atoms with Crippen LogP contribution < -0.4 is 0 Å². The van der Waals surface area contributed by atoms with E-state index in [9.17, 15) is 9.59 Å². The third-order valence-corrected chi connectivity index (χ3v) is 2.83. The number of ether oxygens (including phenoxy) is 1. The third-order valence-electron chi connectivity index (χ3n) is 2.83. The van der Waals surface area contributed by atoms with Crippen LogP contribution in [0, 0.1) is 0 Å². The van der Waals surface area contributed by atoms with E-state index in [0.717, 1.165) is 11.1 Å². The van der Waals surface area contributed by atoms with Gasteiger partial charge in [0.1, 0.15) is 0 Å². The van der Waals surface area contributed by atoms with Crippen molar-refractivity contribution in [1.82, 2.24) is 0 Å². The van der Waals surface area contributed by atoms with E-state index in [-0.39, 0.29) is 0 Å². The summed E-state index contributed by atoms with van der Waals surface area (Å²) < 4.78 is 4.80. The van der Waals surface area contributed by atoms with Crippen LogP contribution in [-0.2, 0) is 14.3 Å². The maximum atomic E-state index is 11.1. The third kappa shape index (κ3) is 3.23. The molecule has 0 aliphatic rings. The lowest BCUT2D eigenvalue weighted by Gasteiger charge is -2.13. The van der Waals surface area contributed by atoms with Crippen LogP contribution in [0.4, 0.5) is 0 Å². The number of hydrogen-bond donors (Lipinski definition) is 1. The van der Waals surface area contributed by atoms with Gasteiger partial charge in [-0.1, -0.05) is 54.6 Å². The fraction of sp³-hybridized carbons (Fsp3) is 0.125. The summed E-state index contributed by atoms with van der Waals surface area (Å²) in [6, 6.07) is 16.7. The van der Waals surface area contributed by atoms with Gasteiger partial charge in [-0.2, -0.15) is 0 Å². The molecular weight excluding hydrogens is 256 g/mol. The van der Waals surface area contributed by atoms with Crippen molar-refractivity contribution >= 4 is 11.9 Å². The standard InChI is InChI=1S/C16H14O4/c1-11(17)20-15(16(18)19)14-9-7-13(8-10-14)12-5-3-2-4-6-12/h2-10,15H,1H3,(H,18,19). The predicted molar refractivity (Wildman–Crippen MR) is 74.0 cm³/mol. The number of carboxylic acids is 1. The van der Waals surface area contributed by atoms with Crippen molar-refractivity contribution in [3.63, 3.8) is 0 Å². The molecule has 1 atom stereocenters. The van der Waals surface area contributed by atoms with Crippen LogP contribution in [-0.4, -0.2) is 17.0 Å². The predicted octanol–water partition coefficient (Wildman–Crippen LogP) is 3.04. The molecule has 0 aliphatic carbocycles. The summed E-state index contributed by atoms with van der Waals surface area (Å²) in [5.41, 5.74) is 2.45. The second-order valence-corrected chi connectivity index (χ2v) is 4.32. The molecule has 4 nitrogen and oxygen atoms in total. The van der Waals surface area contributed by atoms with Crippen LogP contribution in [0.2, 0.25) is 0 Å². The normalized spacial score (nSPS) is 11.7. The van der Waals surface area contributed by atoms with Crippen molar-refractivity contribution in [2.75, 3.05) is 0 Å². The summed E-state index contributed by atoms with van der Waals surface area (Å²) in [7, 11) is 0. The highest BCUT2D eigenvalue weighted by Crippen LogP contribution is 2.23. The smallest absolute Gasteiger partial charge is 0.349 e. The van der Waals surface area contributed by atoms with Crippen molar-refractivity contribution < 1.29 is 19.4 Å². The lowest BCUT2D eigenvalue weighted by molar-refractivity contribution is -0.163. The molecule has 0 saturated carbocycles. The molecule has 0 bridgehead atoms. The first-order valence-electron chi connectivity index (χ1n) is 6.13. The summed E-state index contributed by atoms with van der Waals surface area (Å²) in [4.78, 5) is 22.0. The maximum Gasteiger partial charge on any atom is 0.349 e. The first-order chi connectivity index (χ1) is 9.58. The van der Waals surface area contributed by atoms with E-state index in [1.165, 1.54) is 6.92 Å². The minimum absolute atomic E-state index is 0.437. The van der Waals surface area contributed by atoms with Crippen LogP contribution in [0.5, 0.6) is 0 Å². The molecule has 2 rings (SSSR count). The largest absolute Gasteiger partial charge is 0.478 e. The number of carboxylic acid groups (broad SMARTS) is 1. The molecule has 20 heavy (non-hydrogen) atoms. The Hall–Kier alpha value is -2.62. The van der Waals surface area contributed by atoms with Crippen LogP contribution >= 0.6 is 0 Å². The Morgan fingerprint density at radius 2 is 1.50 bits per heavy atom. The Bertz CT molecular complexity index is 602. The molecule has 0 spiro atoms. The Morgan fingerprint density at radius 1 is 0.950 bits per heavy atom. The van der Waals surface area contributed by atoms with Crippen molar-refractivity contribution in [1.29, 1.82) is 0 Å². The zero-order valence-electron chi connectivity index (χ0n) is 10.9. The van der Waals surface area contributed by atoms with Gasteiger partial charge in [-0.05, 0) is 11.1 Å². The van der Waals surface area contributed by atoms with Gasteiger partial charge in [0.25, 0.3) is 0 Å². The molecule has 2 aromatic carbocycles. The van der Waals surface area contributed by atoms with E-state index in [1.807, 2.05) is 42.5 Å². The van der Waals surface area contributed by atoms with Crippen molar-refractivity contribution in [2.24, 2.45) is 0 Å². The van der Waals surface area contributed by atoms with E-state index < -0.39 is 18.0 Å². The van der Waals surface area contributed by atoms with Crippen LogP contribution in [0.25, 0.3) is 11.1 Å². The molecule has 0 radical (unpaired) electrons. The van der Waals surface area contributed by atoms with E-state index in [1.54, 1.807) is 12.1 Å². The molecule has 0 saturated heterocycles. The topological polar surface area (TPSA) is 63.6 Å². The second kappa shape index (κ2) is 6.02. The summed E-state index contributed by atoms with van der Waals surface area (Å²) in [5.74, 6) is -1.81. The molecule has 1 N–H and O–H groups in total. The minimum Gasteiger partial charge on any atom is -0.478 e. The Kier molecular flexibility index (Phi) is 4.15. The summed E-state index contributed by atoms with van der Waals surface area (Å²) in [6.07, 6.45) is -1.27. The summed E-state index contributed by atoms with van der Waals surface area (Å²) in [6.45, 7) is 1.19. The van der Waals surface area contributed by atoms with Gasteiger partial charge in [-0.3, -0.25) is 4.79 Å². The van der Waals surface area contributed by atoms with Crippen LogP contribution in [0.1, 0.15) is 18.6 Å². The van der Waals surface area contributed by atoms with E-state index in [0.29, 0.717) is 5.56 Å². The number of esters is 1. The van der Waals surface area contributed by atoms with E-state index in [4.69, 9.17) is 9.84 Å². The summed E-state index contributed by atoms with van der Waals surface area (Å²) in [5, 5.41) is 9.08. The molecule has 0 aromatic heterocycles. The molecule has 102 valence electrons. The Labute approximate surface area is 116 Å². The van der Waals surface area contributed by atoms with Gasteiger partial charge in [-0.15, -0.1) is 0 Å². The molecule has 2 aromatic rings. The SMILES string of the molecule is CC(=O)OC(C(=O)O)c1ccc(-c2ccccc2)cc1. The van der Waals surface area contributed by atoms with Crippen LogP contribution in [0.15, 0.2) is 54.6 Å². The zero-order chi connectivity index (χ0) is 14.5. The lowest BCUT2D eigenvalue weighted by atomic mass is 10.0. The van der Waals surface area contributed by atoms with Crippen molar-refractivity contribution in [3.05, 3.63) is 60.2 Å². The van der Waals surface area contributed by atoms with Gasteiger partial charge >= 0.3 is 11.9 Å². The lowest BCUT2D eigenvalue weighted by Crippen LogP contribution is -2.17. The maximum absolute atomic E-state index is 11.1. The van der Waals surface area contributed by atoms with E-state index in [2.05, 4.69) is 0 Å². The van der Waals surface area contributed by atoms with Gasteiger partial charge in [0, 0.05) is 12.5 Å². The Balaban J connectivity index is 2.27. The monoisotopic (exact) mass is 270 g/mol. The van der Waals surface area contributed by atoms with E-state index >= 15 is 0 Å². The summed E-state index contributed by atoms with van der Waals surface area (Å²) >= 11 is 0. The second-order valence-electron chi connectivity index (χ2n) is 4.32. The van der Waals surface area contributed by atoms with Gasteiger partial charge in [0.15, 0.2) is 0 Å². The number of benzene rings is 2. The highest BCUT2D eigenvalue weighted by molar-refractivity contribution is 5.79. The zero-order valence-corrected chi connectivity index (χ0v) is 10.9. The highest BCUT2D eigenvalue weighted by Gasteiger charge is 2.22. The fourth-order valence-corrected chi connectivity index (χ4v) is 1.91. The first kappa shape index (κ1) is 13.8. The molecule has 0 fully saturated rings. The molecule has 1 unspecified atom stereocenters. The first-order valence-corrected chi connectivity index (χ1v) is 6.13. The minimum atomic E-state index is -1.27. The van der Waals surface area contributed by atoms with Crippen LogP contribution in [0.3, 0.4) is 0 Å². The molecule has 0 heterocycles. The Morgan fingerprint density at radius 3 is 2.00 bits per heavy atom.